The molecule has 14 amide bonds. The number of hydrogen-bond acceptors (Lipinski definition) is 29. The van der Waals surface area contributed by atoms with E-state index < -0.39 is 223 Å². The molecular formula is C100H137N21O27S2. The largest absolute Gasteiger partial charge is 0.508 e. The molecule has 10 rings (SSSR count). The van der Waals surface area contributed by atoms with Crippen molar-refractivity contribution in [3.8, 4) is 5.75 Å². The predicted octanol–water partition coefficient (Wildman–Crippen LogP) is -3.16. The highest BCUT2D eigenvalue weighted by atomic mass is 32.2. The number of amides is 14. The Labute approximate surface area is 873 Å². The summed E-state index contributed by atoms with van der Waals surface area (Å²) in [6.07, 6.45) is -1.77. The molecule has 0 aliphatic carbocycles. The lowest BCUT2D eigenvalue weighted by Gasteiger charge is -2.34. The van der Waals surface area contributed by atoms with Crippen LogP contribution >= 0.6 is 23.5 Å². The van der Waals surface area contributed by atoms with Crippen molar-refractivity contribution in [2.75, 3.05) is 123 Å². The molecule has 2 bridgehead atoms. The van der Waals surface area contributed by atoms with Crippen LogP contribution in [-0.2, 0) is 122 Å². The molecule has 3 saturated heterocycles. The van der Waals surface area contributed by atoms with Gasteiger partial charge in [0.1, 0.15) is 78.3 Å². The van der Waals surface area contributed by atoms with Gasteiger partial charge in [0.25, 0.3) is 0 Å². The normalized spacial score (nSPS) is 22.6. The molecule has 4 aromatic carbocycles. The summed E-state index contributed by atoms with van der Waals surface area (Å²) in [5.41, 5.74) is 9.57. The number of nitrogens with one attached hydrogen (secondary N) is 14. The Morgan fingerprint density at radius 2 is 0.947 bits per heavy atom. The van der Waals surface area contributed by atoms with Gasteiger partial charge in [-0.2, -0.15) is 23.5 Å². The Kier molecular flexibility index (Phi) is 45.4. The first-order valence-electron chi connectivity index (χ1n) is 49.8. The zero-order valence-electron chi connectivity index (χ0n) is 84.2. The fourth-order valence-corrected chi connectivity index (χ4v) is 20.2. The summed E-state index contributed by atoms with van der Waals surface area (Å²) in [4.78, 5) is 283. The number of aliphatic hydroxyl groups is 2. The maximum Gasteiger partial charge on any atom is 0.317 e. The van der Waals surface area contributed by atoms with Crippen molar-refractivity contribution in [3.05, 3.63) is 137 Å². The lowest BCUT2D eigenvalue weighted by Crippen LogP contribution is -2.62. The van der Waals surface area contributed by atoms with Gasteiger partial charge in [0.05, 0.1) is 51.9 Å². The SMILES string of the molecule is CC(C)C[C@@H]1NC(=O)[C@H](Cc2c[nH]c3ccccc23)NC(=O)[C@H](CC(=O)O)NC(=O)[C@H]2CCCN2C(=O)[C@H](CCC(=O)O)NC(=O)[C@@H](NC(=O)[C@H](Cc2ccc(O)cc2)NC(=O)[C@@H](NC(=O)CN2CCC(NC(=O)CN3CCN(CC(=O)O)CCN(CC(=O)O)CCN(CC(=O)O)CC3)CC2)C(C)C)CSCc2cccc(c2)CSC[C@@H](C(N)=O)NC(=O)[C@H](CO)NC(=O)C(Cc2c[nH]c3ccccc23)NC(=O)[C@H]([C@@H](C)O)NC1=O. The molecule has 50 heteroatoms. The van der Waals surface area contributed by atoms with Crippen LogP contribution in [0.1, 0.15) is 114 Å². The Bertz CT molecular complexity index is 5710. The number of phenolic OH excluding ortho intramolecular Hbond substituents is 1. The minimum Gasteiger partial charge on any atom is -0.508 e. The smallest absolute Gasteiger partial charge is 0.317 e. The van der Waals surface area contributed by atoms with Gasteiger partial charge in [-0.15, -0.1) is 0 Å². The Balaban J connectivity index is 0.911. The maximum atomic E-state index is 15.5. The van der Waals surface area contributed by atoms with E-state index in [1.165, 1.54) is 30.5 Å². The molecule has 13 atom stereocenters. The van der Waals surface area contributed by atoms with Gasteiger partial charge in [-0.1, -0.05) is 100 Å². The van der Waals surface area contributed by atoms with Crippen molar-refractivity contribution in [1.82, 2.24) is 103 Å². The number of phenols is 1. The van der Waals surface area contributed by atoms with Crippen molar-refractivity contribution in [1.29, 1.82) is 0 Å². The second kappa shape index (κ2) is 57.8. The highest BCUT2D eigenvalue weighted by molar-refractivity contribution is 7.98. The number of primary amides is 1. The highest BCUT2D eigenvalue weighted by Gasteiger charge is 2.44. The van der Waals surface area contributed by atoms with E-state index in [0.717, 1.165) is 35.3 Å². The van der Waals surface area contributed by atoms with Crippen molar-refractivity contribution in [2.45, 2.75) is 201 Å². The van der Waals surface area contributed by atoms with E-state index in [1.807, 2.05) is 4.90 Å². The second-order valence-electron chi connectivity index (χ2n) is 38.8. The number of carboxylic acids is 5. The lowest BCUT2D eigenvalue weighted by molar-refractivity contribution is -0.145. The Morgan fingerprint density at radius 3 is 1.46 bits per heavy atom. The number of nitrogens with two attached hydrogens (primary N) is 1. The average molecular weight is 2130 g/mol. The summed E-state index contributed by atoms with van der Waals surface area (Å²) in [7, 11) is 0. The third-order valence-corrected chi connectivity index (χ3v) is 28.4. The van der Waals surface area contributed by atoms with E-state index in [9.17, 15) is 108 Å². The third kappa shape index (κ3) is 37.1. The highest BCUT2D eigenvalue weighted by Crippen LogP contribution is 2.27. The zero-order valence-corrected chi connectivity index (χ0v) is 85.8. The van der Waals surface area contributed by atoms with Gasteiger partial charge < -0.3 is 125 Å². The topological polar surface area (TPSA) is 708 Å². The first kappa shape index (κ1) is 118. The molecule has 816 valence electrons. The quantitative estimate of drug-likeness (QED) is 0.0193. The molecule has 1 unspecified atom stereocenters. The van der Waals surface area contributed by atoms with Gasteiger partial charge in [-0.25, -0.2) is 0 Å². The molecule has 3 fully saturated rings. The predicted molar refractivity (Wildman–Crippen MR) is 548 cm³/mol. The minimum atomic E-state index is -2.05. The number of carboxylic acid groups (broad SMARTS) is 5. The van der Waals surface area contributed by atoms with Crippen LogP contribution in [0.4, 0.5) is 0 Å². The van der Waals surface area contributed by atoms with Crippen LogP contribution in [0.5, 0.6) is 5.75 Å². The van der Waals surface area contributed by atoms with Crippen molar-refractivity contribution < 1.29 is 132 Å². The molecular weight excluding hydrogens is 1990 g/mol. The summed E-state index contributed by atoms with van der Waals surface area (Å²) in [5.74, 6) is -21.8. The first-order valence-corrected chi connectivity index (χ1v) is 52.1. The number of para-hydroxylation sites is 2. The maximum absolute atomic E-state index is 15.5. The summed E-state index contributed by atoms with van der Waals surface area (Å²) in [5, 5.41) is 115. The third-order valence-electron chi connectivity index (χ3n) is 26.2. The van der Waals surface area contributed by atoms with Crippen LogP contribution < -0.4 is 69.5 Å². The lowest BCUT2D eigenvalue weighted by atomic mass is 9.99. The first-order chi connectivity index (χ1) is 71.4. The molecule has 48 nitrogen and oxygen atoms in total. The van der Waals surface area contributed by atoms with E-state index >= 15 is 24.0 Å². The number of fused-ring (bicyclic) bond motifs is 5. The van der Waals surface area contributed by atoms with Crippen molar-refractivity contribution in [2.24, 2.45) is 17.6 Å². The van der Waals surface area contributed by atoms with E-state index in [2.05, 4.69) is 73.8 Å². The molecule has 4 aliphatic heterocycles. The number of thioether (sulfide) groups is 2. The fourth-order valence-electron chi connectivity index (χ4n) is 18.2. The number of likely N-dealkylation sites (tertiary alicyclic amines) is 1. The summed E-state index contributed by atoms with van der Waals surface area (Å²) in [6.45, 7) is 7.21. The van der Waals surface area contributed by atoms with Crippen LogP contribution in [0.3, 0.4) is 0 Å². The fraction of sp³-hybridized carbons (Fsp3) is 0.530. The second-order valence-corrected chi connectivity index (χ2v) is 40.8. The number of aromatic hydroxyl groups is 1. The van der Waals surface area contributed by atoms with E-state index in [-0.39, 0.29) is 171 Å². The van der Waals surface area contributed by atoms with Gasteiger partial charge in [-0.05, 0) is 109 Å². The van der Waals surface area contributed by atoms with Crippen LogP contribution in [0, 0.1) is 11.8 Å². The van der Waals surface area contributed by atoms with Crippen LogP contribution in [-0.4, -0.2) is 400 Å². The summed E-state index contributed by atoms with van der Waals surface area (Å²) < 4.78 is 0. The van der Waals surface area contributed by atoms with Crippen LogP contribution in [0.25, 0.3) is 21.8 Å². The monoisotopic (exact) mass is 2130 g/mol. The number of aliphatic hydroxyl groups excluding tert-OH is 2. The number of aromatic nitrogens is 2. The molecule has 24 N–H and O–H groups in total. The number of benzene rings is 4. The number of carbonyl (C=O) groups is 19. The molecule has 6 heterocycles. The van der Waals surface area contributed by atoms with Crippen molar-refractivity contribution >= 4 is 158 Å². The standard InChI is InChI=1S/C100H137N21O27S2/c1-56(2)38-71-94(142)115-88(58(5)123)99(147)110-74(42-63-45-103-69-17-9-7-15-67(63)69)92(140)111-76(51-122)95(143)112-77(89(101)137)54-149-52-60-12-10-13-61(39-60)53-150-55-78(96(144)105-70(23-24-82(127)128)100(148)121-27-11-18-79(121)97(145)108-75(43-83(129)130)93(141)107-73(91(139)106-71)41-62-44-102-68-16-8-6-14-66(62)68)113-90(138)72(40-59-19-21-65(124)22-20-59)109-98(146)87(57(3)4)114-81(126)47-116-28-25-64(26-29-116)104-80(125)46-117-30-32-118(48-84(131)132)34-36-120(50-86(135)136)37-35-119(33-31-117)49-85(133)134/h6-10,12-17,19-22,39,44-45,56-58,64,70-79,87-88,102-103,122-124H,11,18,23-38,40-43,46-55H2,1-5H3,(H2,101,137)(H,104,125)(H,105,144)(H,106,139)(H,107,141)(H,108,145)(H,109,146)(H,110,147)(H,111,140)(H,112,143)(H,113,138)(H,114,126)(H,115,142)(H,127,128)(H,129,130)(H,131,132)(H,133,134)(H,135,136)/t58-,70+,71+,72+,73+,74?,75+,76+,77+,78+,79-,87+,88+/m1/s1. The summed E-state index contributed by atoms with van der Waals surface area (Å²) in [6, 6.07) is 5.59. The molecule has 2 aromatic heterocycles. The van der Waals surface area contributed by atoms with Gasteiger partial charge in [-0.3, -0.25) is 116 Å². The number of hydrogen-bond donors (Lipinski definition) is 23. The molecule has 0 saturated carbocycles. The van der Waals surface area contributed by atoms with Crippen LogP contribution in [0.2, 0.25) is 0 Å². The molecule has 6 aromatic rings. The zero-order chi connectivity index (χ0) is 109. The van der Waals surface area contributed by atoms with E-state index in [0.29, 0.717) is 75.6 Å². The number of aliphatic carboxylic acids is 5. The van der Waals surface area contributed by atoms with Crippen molar-refractivity contribution in [3.63, 3.8) is 0 Å². The molecule has 150 heavy (non-hydrogen) atoms. The van der Waals surface area contributed by atoms with Gasteiger partial charge in [0, 0.05) is 161 Å². The van der Waals surface area contributed by atoms with Gasteiger partial charge in [0.15, 0.2) is 0 Å². The number of piperidine rings is 1. The number of rotatable bonds is 33. The Hall–Kier alpha value is -13.9. The van der Waals surface area contributed by atoms with E-state index in [1.54, 1.807) is 126 Å². The minimum absolute atomic E-state index is 0.0663. The number of aromatic amines is 2. The van der Waals surface area contributed by atoms with Gasteiger partial charge >= 0.3 is 29.8 Å². The molecule has 0 radical (unpaired) electrons. The van der Waals surface area contributed by atoms with Gasteiger partial charge in [0.2, 0.25) is 82.7 Å². The Morgan fingerprint density at radius 1 is 0.467 bits per heavy atom. The molecule has 0 spiro atoms. The molecule has 4 aliphatic rings. The number of nitrogens with zero attached hydrogens (tertiary/aromatic N) is 6. The summed E-state index contributed by atoms with van der Waals surface area (Å²) >= 11 is 2.21. The average Bonchev–Trinajstić information content (AvgIpc) is 1.66. The van der Waals surface area contributed by atoms with E-state index in [4.69, 9.17) is 5.73 Å². The van der Waals surface area contributed by atoms with Crippen LogP contribution in [0.15, 0.2) is 109 Å². The number of carbonyl (C=O) groups excluding carboxylic acids is 14. The number of H-pyrrole nitrogens is 2.